The molecule has 1 aliphatic carbocycles. The SMILES string of the molecule is COC(c1noc(C2CCCCC2C(=O)O)n1)C(C)(C)C. The summed E-state index contributed by atoms with van der Waals surface area (Å²) in [5.74, 6) is -0.464. The van der Waals surface area contributed by atoms with Crippen molar-refractivity contribution in [1.29, 1.82) is 0 Å². The van der Waals surface area contributed by atoms with E-state index in [-0.39, 0.29) is 17.4 Å². The molecule has 2 rings (SSSR count). The van der Waals surface area contributed by atoms with Crippen LogP contribution in [0.1, 0.15) is 70.2 Å². The fourth-order valence-electron chi connectivity index (χ4n) is 3.07. The van der Waals surface area contributed by atoms with Crippen molar-refractivity contribution in [2.75, 3.05) is 7.11 Å². The Kier molecular flexibility index (Phi) is 4.66. The van der Waals surface area contributed by atoms with Gasteiger partial charge >= 0.3 is 5.97 Å². The number of carbonyl (C=O) groups is 1. The highest BCUT2D eigenvalue weighted by Crippen LogP contribution is 2.39. The highest BCUT2D eigenvalue weighted by molar-refractivity contribution is 5.71. The number of ether oxygens (including phenoxy) is 1. The molecule has 0 aliphatic heterocycles. The minimum atomic E-state index is -0.779. The Balaban J connectivity index is 2.24. The Hall–Kier alpha value is -1.43. The van der Waals surface area contributed by atoms with Crippen molar-refractivity contribution < 1.29 is 19.2 Å². The average molecular weight is 296 g/mol. The van der Waals surface area contributed by atoms with Crippen molar-refractivity contribution in [3.8, 4) is 0 Å². The molecule has 6 nitrogen and oxygen atoms in total. The van der Waals surface area contributed by atoms with Crippen molar-refractivity contribution in [3.63, 3.8) is 0 Å². The summed E-state index contributed by atoms with van der Waals surface area (Å²) in [7, 11) is 1.62. The summed E-state index contributed by atoms with van der Waals surface area (Å²) in [4.78, 5) is 15.8. The van der Waals surface area contributed by atoms with E-state index in [2.05, 4.69) is 10.1 Å². The van der Waals surface area contributed by atoms with Crippen molar-refractivity contribution in [2.45, 2.75) is 58.5 Å². The third-order valence-electron chi connectivity index (χ3n) is 4.11. The van der Waals surface area contributed by atoms with Crippen LogP contribution in [0, 0.1) is 11.3 Å². The summed E-state index contributed by atoms with van der Waals surface area (Å²) < 4.78 is 10.8. The first kappa shape index (κ1) is 15.9. The van der Waals surface area contributed by atoms with Gasteiger partial charge in [0.2, 0.25) is 11.7 Å². The molecule has 6 heteroatoms. The lowest BCUT2D eigenvalue weighted by atomic mass is 9.79. The van der Waals surface area contributed by atoms with Gasteiger partial charge in [0, 0.05) is 7.11 Å². The lowest BCUT2D eigenvalue weighted by molar-refractivity contribution is -0.143. The van der Waals surface area contributed by atoms with Crippen molar-refractivity contribution >= 4 is 5.97 Å². The molecule has 1 heterocycles. The fraction of sp³-hybridized carbons (Fsp3) is 0.800. The largest absolute Gasteiger partial charge is 0.481 e. The smallest absolute Gasteiger partial charge is 0.307 e. The number of carboxylic acid groups (broad SMARTS) is 1. The second kappa shape index (κ2) is 6.13. The molecule has 1 fully saturated rings. The van der Waals surface area contributed by atoms with Gasteiger partial charge in [-0.1, -0.05) is 38.8 Å². The maximum atomic E-state index is 11.4. The molecule has 1 aliphatic rings. The van der Waals surface area contributed by atoms with Crippen LogP contribution in [-0.2, 0) is 9.53 Å². The molecular formula is C15H24N2O4. The molecule has 1 N–H and O–H groups in total. The summed E-state index contributed by atoms with van der Waals surface area (Å²) in [6.45, 7) is 6.12. The molecule has 0 aromatic carbocycles. The van der Waals surface area contributed by atoms with E-state index in [0.717, 1.165) is 19.3 Å². The van der Waals surface area contributed by atoms with Gasteiger partial charge in [-0.15, -0.1) is 0 Å². The van der Waals surface area contributed by atoms with Crippen LogP contribution in [0.4, 0.5) is 0 Å². The fourth-order valence-corrected chi connectivity index (χ4v) is 3.07. The maximum Gasteiger partial charge on any atom is 0.307 e. The van der Waals surface area contributed by atoms with Crippen LogP contribution in [0.15, 0.2) is 4.52 Å². The first-order valence-corrected chi connectivity index (χ1v) is 7.43. The Morgan fingerprint density at radius 3 is 2.62 bits per heavy atom. The summed E-state index contributed by atoms with van der Waals surface area (Å²) in [6, 6.07) is 0. The quantitative estimate of drug-likeness (QED) is 0.918. The van der Waals surface area contributed by atoms with Crippen LogP contribution in [0.5, 0.6) is 0 Å². The minimum absolute atomic E-state index is 0.158. The number of aliphatic carboxylic acids is 1. The molecule has 1 saturated carbocycles. The van der Waals surface area contributed by atoms with E-state index in [4.69, 9.17) is 9.26 Å². The van der Waals surface area contributed by atoms with Gasteiger partial charge in [0.1, 0.15) is 6.10 Å². The maximum absolute atomic E-state index is 11.4. The van der Waals surface area contributed by atoms with Gasteiger partial charge in [0.05, 0.1) is 11.8 Å². The minimum Gasteiger partial charge on any atom is -0.481 e. The molecular weight excluding hydrogens is 272 g/mol. The summed E-state index contributed by atoms with van der Waals surface area (Å²) in [5.41, 5.74) is -0.158. The molecule has 3 atom stereocenters. The first-order chi connectivity index (χ1) is 9.84. The zero-order valence-corrected chi connectivity index (χ0v) is 13.1. The molecule has 0 spiro atoms. The molecule has 118 valence electrons. The lowest BCUT2D eigenvalue weighted by Crippen LogP contribution is -2.26. The number of carboxylic acids is 1. The van der Waals surface area contributed by atoms with Crippen LogP contribution in [-0.4, -0.2) is 28.3 Å². The molecule has 3 unspecified atom stereocenters. The van der Waals surface area contributed by atoms with Crippen LogP contribution in [0.25, 0.3) is 0 Å². The third-order valence-corrected chi connectivity index (χ3v) is 4.11. The van der Waals surface area contributed by atoms with Crippen molar-refractivity contribution in [3.05, 3.63) is 11.7 Å². The average Bonchev–Trinajstić information content (AvgIpc) is 2.87. The molecule has 0 bridgehead atoms. The van der Waals surface area contributed by atoms with E-state index in [1.54, 1.807) is 7.11 Å². The molecule has 21 heavy (non-hydrogen) atoms. The van der Waals surface area contributed by atoms with E-state index in [9.17, 15) is 9.90 Å². The van der Waals surface area contributed by atoms with Gasteiger partial charge in [-0.3, -0.25) is 4.79 Å². The second-order valence-electron chi connectivity index (χ2n) is 6.81. The molecule has 0 radical (unpaired) electrons. The van der Waals surface area contributed by atoms with Gasteiger partial charge in [0.25, 0.3) is 0 Å². The predicted molar refractivity (Wildman–Crippen MR) is 75.8 cm³/mol. The summed E-state index contributed by atoms with van der Waals surface area (Å²) in [6.07, 6.45) is 3.12. The Bertz CT molecular complexity index is 492. The number of hydrogen-bond donors (Lipinski definition) is 1. The van der Waals surface area contributed by atoms with Crippen molar-refractivity contribution in [2.24, 2.45) is 11.3 Å². The number of hydrogen-bond acceptors (Lipinski definition) is 5. The number of aromatic nitrogens is 2. The highest BCUT2D eigenvalue weighted by atomic mass is 16.5. The van der Waals surface area contributed by atoms with Crippen LogP contribution in [0.2, 0.25) is 0 Å². The lowest BCUT2D eigenvalue weighted by Gasteiger charge is -2.26. The molecule has 0 amide bonds. The molecule has 1 aromatic rings. The monoisotopic (exact) mass is 296 g/mol. The summed E-state index contributed by atoms with van der Waals surface area (Å²) >= 11 is 0. The van der Waals surface area contributed by atoms with E-state index in [1.165, 1.54) is 0 Å². The number of nitrogens with zero attached hydrogens (tertiary/aromatic N) is 2. The Labute approximate surface area is 124 Å². The number of methoxy groups -OCH3 is 1. The molecule has 0 saturated heterocycles. The normalized spacial score (nSPS) is 24.8. The Morgan fingerprint density at radius 1 is 1.38 bits per heavy atom. The molecule has 1 aromatic heterocycles. The van der Waals surface area contributed by atoms with E-state index < -0.39 is 11.9 Å². The Morgan fingerprint density at radius 2 is 2.05 bits per heavy atom. The zero-order chi connectivity index (χ0) is 15.6. The standard InChI is InChI=1S/C15H24N2O4/c1-15(2,3)11(20-4)12-16-13(21-17-12)9-7-5-6-8-10(9)14(18)19/h9-11H,5-8H2,1-4H3,(H,18,19). The second-order valence-corrected chi connectivity index (χ2v) is 6.81. The zero-order valence-electron chi connectivity index (χ0n) is 13.1. The van der Waals surface area contributed by atoms with Crippen molar-refractivity contribution in [1.82, 2.24) is 10.1 Å². The van der Waals surface area contributed by atoms with E-state index >= 15 is 0 Å². The van der Waals surface area contributed by atoms with Gasteiger partial charge in [-0.05, 0) is 18.3 Å². The van der Waals surface area contributed by atoms with Crippen LogP contribution >= 0.6 is 0 Å². The van der Waals surface area contributed by atoms with Crippen LogP contribution in [0.3, 0.4) is 0 Å². The van der Waals surface area contributed by atoms with E-state index in [1.807, 2.05) is 20.8 Å². The first-order valence-electron chi connectivity index (χ1n) is 7.43. The van der Waals surface area contributed by atoms with Crippen LogP contribution < -0.4 is 0 Å². The van der Waals surface area contributed by atoms with Gasteiger partial charge < -0.3 is 14.4 Å². The van der Waals surface area contributed by atoms with Gasteiger partial charge in [0.15, 0.2) is 0 Å². The predicted octanol–water partition coefficient (Wildman–Crippen LogP) is 3.16. The van der Waals surface area contributed by atoms with E-state index in [0.29, 0.717) is 18.1 Å². The highest BCUT2D eigenvalue weighted by Gasteiger charge is 2.37. The number of rotatable bonds is 4. The van der Waals surface area contributed by atoms with Gasteiger partial charge in [-0.25, -0.2) is 0 Å². The summed E-state index contributed by atoms with van der Waals surface area (Å²) in [5, 5.41) is 13.4. The topological polar surface area (TPSA) is 85.5 Å². The third kappa shape index (κ3) is 3.43. The van der Waals surface area contributed by atoms with Gasteiger partial charge in [-0.2, -0.15) is 4.98 Å².